The minimum absolute atomic E-state index is 0.0407. The van der Waals surface area contributed by atoms with Crippen LogP contribution in [0.4, 0.5) is 5.69 Å². The lowest BCUT2D eigenvalue weighted by Gasteiger charge is -2.39. The van der Waals surface area contributed by atoms with E-state index in [1.54, 1.807) is 0 Å². The number of carboxylic acids is 1. The van der Waals surface area contributed by atoms with Crippen molar-refractivity contribution in [2.75, 3.05) is 24.7 Å². The number of hydrogen-bond acceptors (Lipinski definition) is 3. The fraction of sp³-hybridized carbons (Fsp3) is 0.500. The molecule has 2 unspecified atom stereocenters. The van der Waals surface area contributed by atoms with E-state index in [0.717, 1.165) is 12.1 Å². The van der Waals surface area contributed by atoms with Crippen molar-refractivity contribution in [3.8, 4) is 0 Å². The lowest BCUT2D eigenvalue weighted by atomic mass is 9.95. The highest BCUT2D eigenvalue weighted by atomic mass is 16.5. The minimum Gasteiger partial charge on any atom is -0.480 e. The molecule has 4 nitrogen and oxygen atoms in total. The number of carboxylic acid groups (broad SMARTS) is 1. The van der Waals surface area contributed by atoms with Crippen LogP contribution in [0.25, 0.3) is 0 Å². The van der Waals surface area contributed by atoms with Crippen LogP contribution in [0.1, 0.15) is 13.3 Å². The van der Waals surface area contributed by atoms with Crippen LogP contribution in [0.3, 0.4) is 0 Å². The number of anilines is 1. The Hall–Kier alpha value is -1.55. The number of ether oxygens (including phenoxy) is 1. The van der Waals surface area contributed by atoms with Crippen molar-refractivity contribution >= 4 is 11.7 Å². The molecular formula is C14H19NO3. The predicted octanol–water partition coefficient (Wildman–Crippen LogP) is 2.00. The molecular weight excluding hydrogens is 230 g/mol. The molecule has 1 saturated heterocycles. The lowest BCUT2D eigenvalue weighted by Crippen LogP contribution is -2.47. The summed E-state index contributed by atoms with van der Waals surface area (Å²) in [5.74, 6) is -0.448. The molecule has 1 aromatic carbocycles. The number of carbonyl (C=O) groups is 1. The Morgan fingerprint density at radius 1 is 1.44 bits per heavy atom. The van der Waals surface area contributed by atoms with Crippen LogP contribution < -0.4 is 4.90 Å². The second-order valence-corrected chi connectivity index (χ2v) is 4.77. The normalized spacial score (nSPS) is 23.6. The molecule has 0 aromatic heterocycles. The van der Waals surface area contributed by atoms with E-state index in [0.29, 0.717) is 19.1 Å². The average Bonchev–Trinajstić information content (AvgIpc) is 2.38. The molecule has 2 rings (SSSR count). The summed E-state index contributed by atoms with van der Waals surface area (Å²) in [6, 6.07) is 9.98. The van der Waals surface area contributed by atoms with Crippen LogP contribution in [0.2, 0.25) is 0 Å². The van der Waals surface area contributed by atoms with Crippen molar-refractivity contribution < 1.29 is 14.6 Å². The molecule has 2 atom stereocenters. The third-order valence-corrected chi connectivity index (χ3v) is 3.39. The van der Waals surface area contributed by atoms with Gasteiger partial charge in [0.1, 0.15) is 6.54 Å². The number of aliphatic carboxylic acids is 1. The van der Waals surface area contributed by atoms with Crippen molar-refractivity contribution in [2.45, 2.75) is 19.4 Å². The maximum Gasteiger partial charge on any atom is 0.323 e. The zero-order valence-electron chi connectivity index (χ0n) is 10.6. The zero-order chi connectivity index (χ0) is 13.0. The van der Waals surface area contributed by atoms with E-state index >= 15 is 0 Å². The Balaban J connectivity index is 2.21. The van der Waals surface area contributed by atoms with Crippen molar-refractivity contribution in [3.63, 3.8) is 0 Å². The van der Waals surface area contributed by atoms with E-state index in [9.17, 15) is 4.79 Å². The first-order valence-corrected chi connectivity index (χ1v) is 6.29. The van der Waals surface area contributed by atoms with Gasteiger partial charge in [-0.15, -0.1) is 0 Å². The highest BCUT2D eigenvalue weighted by Gasteiger charge is 2.29. The maximum absolute atomic E-state index is 11.1. The highest BCUT2D eigenvalue weighted by molar-refractivity contribution is 5.74. The van der Waals surface area contributed by atoms with Gasteiger partial charge in [0, 0.05) is 18.3 Å². The van der Waals surface area contributed by atoms with E-state index in [-0.39, 0.29) is 12.6 Å². The molecule has 1 aliphatic rings. The number of hydrogen-bond donors (Lipinski definition) is 1. The van der Waals surface area contributed by atoms with E-state index < -0.39 is 5.97 Å². The molecule has 1 N–H and O–H groups in total. The van der Waals surface area contributed by atoms with E-state index in [1.807, 2.05) is 35.2 Å². The van der Waals surface area contributed by atoms with Gasteiger partial charge in [-0.2, -0.15) is 0 Å². The molecule has 0 saturated carbocycles. The van der Waals surface area contributed by atoms with Crippen molar-refractivity contribution in [3.05, 3.63) is 30.3 Å². The summed E-state index contributed by atoms with van der Waals surface area (Å²) in [5, 5.41) is 9.09. The van der Waals surface area contributed by atoms with Gasteiger partial charge in [0.2, 0.25) is 0 Å². The molecule has 0 radical (unpaired) electrons. The summed E-state index contributed by atoms with van der Waals surface area (Å²) in [6.45, 7) is 3.56. The molecule has 98 valence electrons. The van der Waals surface area contributed by atoms with Gasteiger partial charge in [-0.25, -0.2) is 0 Å². The number of rotatable bonds is 4. The first-order chi connectivity index (χ1) is 8.68. The van der Waals surface area contributed by atoms with Gasteiger partial charge >= 0.3 is 5.97 Å². The van der Waals surface area contributed by atoms with Gasteiger partial charge in [-0.1, -0.05) is 25.1 Å². The molecule has 1 aliphatic heterocycles. The molecule has 0 spiro atoms. The average molecular weight is 249 g/mol. The topological polar surface area (TPSA) is 49.8 Å². The third kappa shape index (κ3) is 3.01. The van der Waals surface area contributed by atoms with E-state index in [1.165, 1.54) is 0 Å². The summed E-state index contributed by atoms with van der Waals surface area (Å²) in [6.07, 6.45) is 0.878. The molecule has 1 heterocycles. The van der Waals surface area contributed by atoms with Crippen LogP contribution in [0, 0.1) is 5.92 Å². The number of para-hydroxylation sites is 1. The quantitative estimate of drug-likeness (QED) is 0.886. The Kier molecular flexibility index (Phi) is 4.20. The standard InChI is InChI=1S/C14H19NO3/c1-11-10-18-8-7-13(11)15(9-14(16)17)12-5-3-2-4-6-12/h2-6,11,13H,7-10H2,1H3,(H,16,17). The Labute approximate surface area is 107 Å². The van der Waals surface area contributed by atoms with Crippen LogP contribution in [-0.2, 0) is 9.53 Å². The molecule has 0 bridgehead atoms. The second-order valence-electron chi connectivity index (χ2n) is 4.77. The van der Waals surface area contributed by atoms with Gasteiger partial charge in [-0.3, -0.25) is 4.79 Å². The number of benzene rings is 1. The monoisotopic (exact) mass is 249 g/mol. The Bertz CT molecular complexity index is 393. The largest absolute Gasteiger partial charge is 0.480 e. The van der Waals surface area contributed by atoms with E-state index in [2.05, 4.69) is 6.92 Å². The predicted molar refractivity (Wildman–Crippen MR) is 69.8 cm³/mol. The van der Waals surface area contributed by atoms with E-state index in [4.69, 9.17) is 9.84 Å². The Morgan fingerprint density at radius 3 is 2.78 bits per heavy atom. The molecule has 4 heteroatoms. The fourth-order valence-corrected chi connectivity index (χ4v) is 2.50. The van der Waals surface area contributed by atoms with Crippen LogP contribution in [-0.4, -0.2) is 36.9 Å². The Morgan fingerprint density at radius 2 is 2.17 bits per heavy atom. The van der Waals surface area contributed by atoms with Gasteiger partial charge < -0.3 is 14.7 Å². The maximum atomic E-state index is 11.1. The smallest absolute Gasteiger partial charge is 0.323 e. The third-order valence-electron chi connectivity index (χ3n) is 3.39. The highest BCUT2D eigenvalue weighted by Crippen LogP contribution is 2.25. The van der Waals surface area contributed by atoms with Gasteiger partial charge in [0.15, 0.2) is 0 Å². The fourth-order valence-electron chi connectivity index (χ4n) is 2.50. The van der Waals surface area contributed by atoms with Crippen molar-refractivity contribution in [1.29, 1.82) is 0 Å². The SMILES string of the molecule is CC1COCCC1N(CC(=O)O)c1ccccc1. The minimum atomic E-state index is -0.794. The zero-order valence-corrected chi connectivity index (χ0v) is 10.6. The second kappa shape index (κ2) is 5.87. The summed E-state index contributed by atoms with van der Waals surface area (Å²) < 4.78 is 5.43. The summed E-state index contributed by atoms with van der Waals surface area (Å²) in [7, 11) is 0. The molecule has 18 heavy (non-hydrogen) atoms. The summed E-state index contributed by atoms with van der Waals surface area (Å²) in [4.78, 5) is 13.0. The van der Waals surface area contributed by atoms with Gasteiger partial charge in [0.05, 0.1) is 6.61 Å². The van der Waals surface area contributed by atoms with Gasteiger partial charge in [-0.05, 0) is 24.5 Å². The van der Waals surface area contributed by atoms with Crippen LogP contribution in [0.15, 0.2) is 30.3 Å². The molecule has 0 amide bonds. The molecule has 1 aromatic rings. The summed E-state index contributed by atoms with van der Waals surface area (Å²) >= 11 is 0. The first-order valence-electron chi connectivity index (χ1n) is 6.29. The number of nitrogens with zero attached hydrogens (tertiary/aromatic N) is 1. The molecule has 0 aliphatic carbocycles. The van der Waals surface area contributed by atoms with Crippen molar-refractivity contribution in [1.82, 2.24) is 0 Å². The van der Waals surface area contributed by atoms with Gasteiger partial charge in [0.25, 0.3) is 0 Å². The van der Waals surface area contributed by atoms with Crippen LogP contribution >= 0.6 is 0 Å². The summed E-state index contributed by atoms with van der Waals surface area (Å²) in [5.41, 5.74) is 0.971. The molecule has 1 fully saturated rings. The lowest BCUT2D eigenvalue weighted by molar-refractivity contribution is -0.135. The first kappa shape index (κ1) is 12.9. The van der Waals surface area contributed by atoms with Crippen molar-refractivity contribution in [2.24, 2.45) is 5.92 Å². The van der Waals surface area contributed by atoms with Crippen LogP contribution in [0.5, 0.6) is 0 Å².